The van der Waals surface area contributed by atoms with Crippen molar-refractivity contribution in [3.8, 4) is 0 Å². The molecule has 30 heavy (non-hydrogen) atoms. The SMILES string of the molecule is c1ccc(CNC2CCC(COCc3ccccc3)CC2Cc2ccccc2)cc1. The minimum Gasteiger partial charge on any atom is -0.376 e. The molecule has 0 radical (unpaired) electrons. The molecule has 3 unspecified atom stereocenters. The van der Waals surface area contributed by atoms with Gasteiger partial charge < -0.3 is 10.1 Å². The molecule has 1 N–H and O–H groups in total. The molecule has 0 amide bonds. The molecule has 0 spiro atoms. The van der Waals surface area contributed by atoms with Gasteiger partial charge in [-0.1, -0.05) is 91.0 Å². The molecule has 2 heteroatoms. The van der Waals surface area contributed by atoms with E-state index in [1.807, 2.05) is 0 Å². The summed E-state index contributed by atoms with van der Waals surface area (Å²) in [6.45, 7) is 2.54. The van der Waals surface area contributed by atoms with Crippen molar-refractivity contribution in [3.05, 3.63) is 108 Å². The van der Waals surface area contributed by atoms with Crippen molar-refractivity contribution in [2.24, 2.45) is 11.8 Å². The normalized spacial score (nSPS) is 21.4. The summed E-state index contributed by atoms with van der Waals surface area (Å²) >= 11 is 0. The summed E-state index contributed by atoms with van der Waals surface area (Å²) < 4.78 is 6.10. The summed E-state index contributed by atoms with van der Waals surface area (Å²) in [5, 5.41) is 3.87. The fourth-order valence-electron chi connectivity index (χ4n) is 4.69. The maximum atomic E-state index is 6.10. The van der Waals surface area contributed by atoms with Crippen LogP contribution in [-0.2, 0) is 24.3 Å². The molecule has 0 aliphatic heterocycles. The lowest BCUT2D eigenvalue weighted by Gasteiger charge is -2.37. The van der Waals surface area contributed by atoms with Gasteiger partial charge in [-0.3, -0.25) is 0 Å². The van der Waals surface area contributed by atoms with Gasteiger partial charge in [0.1, 0.15) is 0 Å². The topological polar surface area (TPSA) is 21.3 Å². The van der Waals surface area contributed by atoms with Gasteiger partial charge >= 0.3 is 0 Å². The zero-order valence-corrected chi connectivity index (χ0v) is 17.8. The molecule has 2 nitrogen and oxygen atoms in total. The molecule has 0 aromatic heterocycles. The number of rotatable bonds is 9. The predicted molar refractivity (Wildman–Crippen MR) is 124 cm³/mol. The van der Waals surface area contributed by atoms with Crippen LogP contribution in [0.3, 0.4) is 0 Å². The largest absolute Gasteiger partial charge is 0.376 e. The third-order valence-corrected chi connectivity index (χ3v) is 6.31. The Labute approximate surface area is 181 Å². The zero-order chi connectivity index (χ0) is 20.4. The van der Waals surface area contributed by atoms with Gasteiger partial charge in [0, 0.05) is 19.2 Å². The number of ether oxygens (including phenoxy) is 1. The lowest BCUT2D eigenvalue weighted by Crippen LogP contribution is -2.42. The second kappa shape index (κ2) is 11.1. The summed E-state index contributed by atoms with van der Waals surface area (Å²) in [7, 11) is 0. The predicted octanol–water partition coefficient (Wildman–Crippen LogP) is 6.02. The van der Waals surface area contributed by atoms with E-state index in [0.29, 0.717) is 17.9 Å². The minimum atomic E-state index is 0.566. The van der Waals surface area contributed by atoms with E-state index in [1.165, 1.54) is 36.0 Å². The van der Waals surface area contributed by atoms with Crippen LogP contribution in [0.5, 0.6) is 0 Å². The van der Waals surface area contributed by atoms with Crippen molar-refractivity contribution in [1.29, 1.82) is 0 Å². The highest BCUT2D eigenvalue weighted by Crippen LogP contribution is 2.32. The van der Waals surface area contributed by atoms with Crippen LogP contribution in [-0.4, -0.2) is 12.6 Å². The fraction of sp³-hybridized carbons (Fsp3) is 0.357. The first-order chi connectivity index (χ1) is 14.9. The van der Waals surface area contributed by atoms with Crippen molar-refractivity contribution in [2.75, 3.05) is 6.61 Å². The van der Waals surface area contributed by atoms with Gasteiger partial charge in [-0.15, -0.1) is 0 Å². The molecule has 1 aliphatic carbocycles. The summed E-state index contributed by atoms with van der Waals surface area (Å²) in [6, 6.07) is 32.8. The molecular weight excluding hydrogens is 366 g/mol. The van der Waals surface area contributed by atoms with E-state index in [-0.39, 0.29) is 0 Å². The molecule has 1 aliphatic rings. The molecule has 156 valence electrons. The van der Waals surface area contributed by atoms with Crippen molar-refractivity contribution in [1.82, 2.24) is 5.32 Å². The molecule has 0 heterocycles. The quantitative estimate of drug-likeness (QED) is 0.475. The highest BCUT2D eigenvalue weighted by molar-refractivity contribution is 5.17. The van der Waals surface area contributed by atoms with Crippen molar-refractivity contribution in [3.63, 3.8) is 0 Å². The van der Waals surface area contributed by atoms with Crippen LogP contribution in [0.15, 0.2) is 91.0 Å². The van der Waals surface area contributed by atoms with E-state index in [1.54, 1.807) is 0 Å². The van der Waals surface area contributed by atoms with E-state index >= 15 is 0 Å². The van der Waals surface area contributed by atoms with Gasteiger partial charge in [-0.2, -0.15) is 0 Å². The average molecular weight is 400 g/mol. The van der Waals surface area contributed by atoms with Crippen LogP contribution in [0.2, 0.25) is 0 Å². The van der Waals surface area contributed by atoms with Crippen LogP contribution < -0.4 is 5.32 Å². The smallest absolute Gasteiger partial charge is 0.0717 e. The number of nitrogens with one attached hydrogen (secondary N) is 1. The maximum Gasteiger partial charge on any atom is 0.0717 e. The van der Waals surface area contributed by atoms with E-state index in [0.717, 1.165) is 26.2 Å². The highest BCUT2D eigenvalue weighted by atomic mass is 16.5. The molecule has 4 rings (SSSR count). The van der Waals surface area contributed by atoms with Gasteiger partial charge in [0.2, 0.25) is 0 Å². The van der Waals surface area contributed by atoms with Gasteiger partial charge in [0.25, 0.3) is 0 Å². The molecule has 0 bridgehead atoms. The second-order valence-electron chi connectivity index (χ2n) is 8.60. The first kappa shape index (κ1) is 20.8. The number of hydrogen-bond donors (Lipinski definition) is 1. The number of benzene rings is 3. The Hall–Kier alpha value is -2.42. The summed E-state index contributed by atoms with van der Waals surface area (Å²) in [5.41, 5.74) is 4.07. The van der Waals surface area contributed by atoms with E-state index in [9.17, 15) is 0 Å². The van der Waals surface area contributed by atoms with E-state index < -0.39 is 0 Å². The second-order valence-corrected chi connectivity index (χ2v) is 8.60. The highest BCUT2D eigenvalue weighted by Gasteiger charge is 2.30. The monoisotopic (exact) mass is 399 g/mol. The summed E-state index contributed by atoms with van der Waals surface area (Å²) in [6.07, 6.45) is 4.84. The van der Waals surface area contributed by atoms with Crippen LogP contribution in [0.1, 0.15) is 36.0 Å². The Bertz CT molecular complexity index is 850. The Morgan fingerprint density at radius 1 is 0.700 bits per heavy atom. The lowest BCUT2D eigenvalue weighted by molar-refractivity contribution is 0.0560. The third kappa shape index (κ3) is 6.29. The average Bonchev–Trinajstić information content (AvgIpc) is 2.81. The van der Waals surface area contributed by atoms with Gasteiger partial charge in [-0.25, -0.2) is 0 Å². The van der Waals surface area contributed by atoms with Crippen molar-refractivity contribution < 1.29 is 4.74 Å². The van der Waals surface area contributed by atoms with Gasteiger partial charge in [-0.05, 0) is 54.2 Å². The molecule has 3 aromatic rings. The first-order valence-corrected chi connectivity index (χ1v) is 11.3. The zero-order valence-electron chi connectivity index (χ0n) is 17.8. The summed E-state index contributed by atoms with van der Waals surface area (Å²) in [4.78, 5) is 0. The molecule has 1 saturated carbocycles. The Morgan fingerprint density at radius 2 is 1.30 bits per heavy atom. The number of hydrogen-bond acceptors (Lipinski definition) is 2. The lowest BCUT2D eigenvalue weighted by atomic mass is 9.75. The Morgan fingerprint density at radius 3 is 1.97 bits per heavy atom. The molecular formula is C28H33NO. The third-order valence-electron chi connectivity index (χ3n) is 6.31. The molecule has 1 fully saturated rings. The standard InChI is InChI=1S/C28H33NO/c1-4-10-23(11-5-1)18-27-19-26(22-30-21-25-14-8-3-9-15-25)16-17-28(27)29-20-24-12-6-2-7-13-24/h1-15,26-29H,16-22H2. The molecule has 0 saturated heterocycles. The minimum absolute atomic E-state index is 0.566. The van der Waals surface area contributed by atoms with Crippen LogP contribution in [0, 0.1) is 11.8 Å². The van der Waals surface area contributed by atoms with Crippen LogP contribution >= 0.6 is 0 Å². The van der Waals surface area contributed by atoms with E-state index in [2.05, 4.69) is 96.3 Å². The first-order valence-electron chi connectivity index (χ1n) is 11.3. The Kier molecular flexibility index (Phi) is 7.71. The van der Waals surface area contributed by atoms with E-state index in [4.69, 9.17) is 4.74 Å². The van der Waals surface area contributed by atoms with Crippen molar-refractivity contribution in [2.45, 2.75) is 44.9 Å². The molecule has 3 atom stereocenters. The van der Waals surface area contributed by atoms with Gasteiger partial charge in [0.05, 0.1) is 6.61 Å². The molecule has 3 aromatic carbocycles. The van der Waals surface area contributed by atoms with Crippen LogP contribution in [0.4, 0.5) is 0 Å². The van der Waals surface area contributed by atoms with Crippen molar-refractivity contribution >= 4 is 0 Å². The Balaban J connectivity index is 1.33. The fourth-order valence-corrected chi connectivity index (χ4v) is 4.69. The maximum absolute atomic E-state index is 6.10. The van der Waals surface area contributed by atoms with Crippen LogP contribution in [0.25, 0.3) is 0 Å². The van der Waals surface area contributed by atoms with Gasteiger partial charge in [0.15, 0.2) is 0 Å². The summed E-state index contributed by atoms with van der Waals surface area (Å²) in [5.74, 6) is 1.30.